The fourth-order valence-electron chi connectivity index (χ4n) is 2.73. The van der Waals surface area contributed by atoms with Gasteiger partial charge in [0.2, 0.25) is 5.91 Å². The molecule has 0 aliphatic heterocycles. The zero-order chi connectivity index (χ0) is 14.6. The molecule has 108 valence electrons. The van der Waals surface area contributed by atoms with Crippen molar-refractivity contribution in [3.05, 3.63) is 41.7 Å². The Kier molecular flexibility index (Phi) is 4.55. The number of carbonyl (C=O) groups excluding carboxylic acids is 1. The first kappa shape index (κ1) is 14.7. The Bertz CT molecular complexity index is 519. The van der Waals surface area contributed by atoms with E-state index in [9.17, 15) is 14.3 Å². The molecule has 1 aliphatic carbocycles. The SMILES string of the molecule is C/C(=C/C(=O)NC1(CO)CCCC1)c1ccccc1F. The predicted molar refractivity (Wildman–Crippen MR) is 76.5 cm³/mol. The van der Waals surface area contributed by atoms with Gasteiger partial charge in [-0.2, -0.15) is 0 Å². The maximum Gasteiger partial charge on any atom is 0.244 e. The van der Waals surface area contributed by atoms with Crippen molar-refractivity contribution >= 4 is 11.5 Å². The molecule has 0 aromatic heterocycles. The number of benzene rings is 1. The van der Waals surface area contributed by atoms with E-state index >= 15 is 0 Å². The lowest BCUT2D eigenvalue weighted by Gasteiger charge is -2.27. The molecular weight excluding hydrogens is 257 g/mol. The molecule has 4 heteroatoms. The van der Waals surface area contributed by atoms with Gasteiger partial charge in [-0.05, 0) is 31.4 Å². The van der Waals surface area contributed by atoms with Crippen LogP contribution in [0.3, 0.4) is 0 Å². The van der Waals surface area contributed by atoms with E-state index in [0.29, 0.717) is 11.1 Å². The zero-order valence-electron chi connectivity index (χ0n) is 11.7. The Balaban J connectivity index is 2.10. The lowest BCUT2D eigenvalue weighted by molar-refractivity contribution is -0.118. The van der Waals surface area contributed by atoms with Gasteiger partial charge in [0.25, 0.3) is 0 Å². The van der Waals surface area contributed by atoms with Crippen LogP contribution in [0.25, 0.3) is 5.57 Å². The third-order valence-corrected chi connectivity index (χ3v) is 3.90. The minimum Gasteiger partial charge on any atom is -0.394 e. The van der Waals surface area contributed by atoms with Crippen molar-refractivity contribution in [3.63, 3.8) is 0 Å². The summed E-state index contributed by atoms with van der Waals surface area (Å²) in [6, 6.07) is 6.37. The molecule has 3 nitrogen and oxygen atoms in total. The molecule has 2 rings (SSSR count). The number of nitrogens with one attached hydrogen (secondary N) is 1. The van der Waals surface area contributed by atoms with Gasteiger partial charge < -0.3 is 10.4 Å². The van der Waals surface area contributed by atoms with Crippen LogP contribution >= 0.6 is 0 Å². The average Bonchev–Trinajstić information content (AvgIpc) is 2.88. The molecule has 0 radical (unpaired) electrons. The van der Waals surface area contributed by atoms with Gasteiger partial charge >= 0.3 is 0 Å². The third-order valence-electron chi connectivity index (χ3n) is 3.90. The highest BCUT2D eigenvalue weighted by molar-refractivity contribution is 5.95. The van der Waals surface area contributed by atoms with E-state index in [0.717, 1.165) is 25.7 Å². The summed E-state index contributed by atoms with van der Waals surface area (Å²) in [4.78, 5) is 12.0. The summed E-state index contributed by atoms with van der Waals surface area (Å²) in [6.45, 7) is 1.66. The van der Waals surface area contributed by atoms with Gasteiger partial charge in [0.05, 0.1) is 12.1 Å². The summed E-state index contributed by atoms with van der Waals surface area (Å²) >= 11 is 0. The van der Waals surface area contributed by atoms with Crippen molar-refractivity contribution in [1.82, 2.24) is 5.32 Å². The van der Waals surface area contributed by atoms with Crippen molar-refractivity contribution in [1.29, 1.82) is 0 Å². The summed E-state index contributed by atoms with van der Waals surface area (Å²) in [6.07, 6.45) is 5.01. The molecule has 20 heavy (non-hydrogen) atoms. The van der Waals surface area contributed by atoms with E-state index < -0.39 is 5.54 Å². The summed E-state index contributed by atoms with van der Waals surface area (Å²) in [5.74, 6) is -0.617. The number of amides is 1. The number of rotatable bonds is 4. The van der Waals surface area contributed by atoms with Crippen molar-refractivity contribution < 1.29 is 14.3 Å². The summed E-state index contributed by atoms with van der Waals surface area (Å²) in [5.41, 5.74) is 0.502. The smallest absolute Gasteiger partial charge is 0.244 e. The second kappa shape index (κ2) is 6.18. The molecule has 1 aromatic rings. The first-order chi connectivity index (χ1) is 9.56. The topological polar surface area (TPSA) is 49.3 Å². The molecule has 0 bridgehead atoms. The van der Waals surface area contributed by atoms with Gasteiger partial charge in [-0.3, -0.25) is 4.79 Å². The van der Waals surface area contributed by atoms with Crippen LogP contribution in [0.5, 0.6) is 0 Å². The van der Waals surface area contributed by atoms with Crippen LogP contribution in [0, 0.1) is 5.82 Å². The second-order valence-corrected chi connectivity index (χ2v) is 5.44. The molecule has 0 unspecified atom stereocenters. The van der Waals surface area contributed by atoms with Crippen LogP contribution in [0.15, 0.2) is 30.3 Å². The summed E-state index contributed by atoms with van der Waals surface area (Å²) < 4.78 is 13.6. The van der Waals surface area contributed by atoms with Crippen molar-refractivity contribution in [2.24, 2.45) is 0 Å². The Morgan fingerprint density at radius 3 is 2.65 bits per heavy atom. The quantitative estimate of drug-likeness (QED) is 0.831. The fraction of sp³-hybridized carbons (Fsp3) is 0.438. The van der Waals surface area contributed by atoms with Gasteiger partial charge in [-0.1, -0.05) is 31.0 Å². The number of aliphatic hydroxyl groups excluding tert-OH is 1. The minimum absolute atomic E-state index is 0.0503. The molecular formula is C16H20FNO2. The predicted octanol–water partition coefficient (Wildman–Crippen LogP) is 2.65. The van der Waals surface area contributed by atoms with E-state index in [2.05, 4.69) is 5.32 Å². The van der Waals surface area contributed by atoms with Crippen LogP contribution < -0.4 is 5.32 Å². The number of aliphatic hydroxyl groups is 1. The van der Waals surface area contributed by atoms with Gasteiger partial charge in [0, 0.05) is 11.6 Å². The number of allylic oxidation sites excluding steroid dienone is 1. The average molecular weight is 277 g/mol. The highest BCUT2D eigenvalue weighted by Gasteiger charge is 2.34. The van der Waals surface area contributed by atoms with Crippen LogP contribution in [0.1, 0.15) is 38.2 Å². The van der Waals surface area contributed by atoms with Gasteiger partial charge in [-0.15, -0.1) is 0 Å². The maximum atomic E-state index is 13.6. The Morgan fingerprint density at radius 2 is 2.05 bits per heavy atom. The zero-order valence-corrected chi connectivity index (χ0v) is 11.7. The van der Waals surface area contributed by atoms with Crippen LogP contribution in [0.2, 0.25) is 0 Å². The van der Waals surface area contributed by atoms with E-state index in [-0.39, 0.29) is 18.3 Å². The molecule has 1 saturated carbocycles. The Morgan fingerprint density at radius 1 is 1.40 bits per heavy atom. The molecule has 2 N–H and O–H groups in total. The van der Waals surface area contributed by atoms with Crippen LogP contribution in [-0.2, 0) is 4.79 Å². The number of hydrogen-bond acceptors (Lipinski definition) is 2. The van der Waals surface area contributed by atoms with E-state index in [4.69, 9.17) is 0 Å². The van der Waals surface area contributed by atoms with E-state index in [1.165, 1.54) is 12.1 Å². The Labute approximate surface area is 118 Å². The lowest BCUT2D eigenvalue weighted by atomic mass is 9.98. The maximum absolute atomic E-state index is 13.6. The lowest BCUT2D eigenvalue weighted by Crippen LogP contribution is -2.48. The molecule has 0 spiro atoms. The number of hydrogen-bond donors (Lipinski definition) is 2. The molecule has 1 aliphatic rings. The van der Waals surface area contributed by atoms with Crippen molar-refractivity contribution in [2.75, 3.05) is 6.61 Å². The number of halogens is 1. The van der Waals surface area contributed by atoms with Gasteiger partial charge in [0.1, 0.15) is 5.82 Å². The highest BCUT2D eigenvalue weighted by atomic mass is 19.1. The van der Waals surface area contributed by atoms with Gasteiger partial charge in [0.15, 0.2) is 0 Å². The van der Waals surface area contributed by atoms with Crippen LogP contribution in [-0.4, -0.2) is 23.2 Å². The van der Waals surface area contributed by atoms with Gasteiger partial charge in [-0.25, -0.2) is 4.39 Å². The minimum atomic E-state index is -0.497. The molecule has 0 atom stereocenters. The first-order valence-electron chi connectivity index (χ1n) is 6.92. The molecule has 1 fully saturated rings. The molecule has 0 saturated heterocycles. The fourth-order valence-corrected chi connectivity index (χ4v) is 2.73. The highest BCUT2D eigenvalue weighted by Crippen LogP contribution is 2.29. The van der Waals surface area contributed by atoms with E-state index in [1.54, 1.807) is 25.1 Å². The van der Waals surface area contributed by atoms with Crippen LogP contribution in [0.4, 0.5) is 4.39 Å². The second-order valence-electron chi connectivity index (χ2n) is 5.44. The van der Waals surface area contributed by atoms with Crippen molar-refractivity contribution in [2.45, 2.75) is 38.1 Å². The summed E-state index contributed by atoms with van der Waals surface area (Å²) in [5, 5.41) is 12.3. The number of carbonyl (C=O) groups is 1. The normalized spacial score (nSPS) is 18.1. The van der Waals surface area contributed by atoms with E-state index in [1.807, 2.05) is 0 Å². The van der Waals surface area contributed by atoms with Crippen molar-refractivity contribution in [3.8, 4) is 0 Å². The third kappa shape index (κ3) is 3.25. The summed E-state index contributed by atoms with van der Waals surface area (Å²) in [7, 11) is 0. The standard InChI is InChI=1S/C16H20FNO2/c1-12(13-6-2-3-7-14(13)17)10-15(20)18-16(11-19)8-4-5-9-16/h2-3,6-7,10,19H,4-5,8-9,11H2,1H3,(H,18,20)/b12-10-. The molecule has 0 heterocycles. The largest absolute Gasteiger partial charge is 0.394 e. The monoisotopic (exact) mass is 277 g/mol. The molecule has 1 aromatic carbocycles. The Hall–Kier alpha value is -1.68. The molecule has 1 amide bonds. The first-order valence-corrected chi connectivity index (χ1v) is 6.92.